The zero-order chi connectivity index (χ0) is 14.5. The fourth-order valence-electron chi connectivity index (χ4n) is 2.55. The summed E-state index contributed by atoms with van der Waals surface area (Å²) in [6.07, 6.45) is 1.56. The van der Waals surface area contributed by atoms with E-state index in [1.54, 1.807) is 11.0 Å². The highest BCUT2D eigenvalue weighted by molar-refractivity contribution is 6.50. The predicted molar refractivity (Wildman–Crippen MR) is 76.3 cm³/mol. The van der Waals surface area contributed by atoms with Crippen LogP contribution in [0, 0.1) is 16.0 Å². The fraction of sp³-hybridized carbons (Fsp3) is 0.462. The van der Waals surface area contributed by atoms with Gasteiger partial charge in [0.25, 0.3) is 5.69 Å². The molecule has 1 atom stereocenters. The molecule has 1 amide bonds. The van der Waals surface area contributed by atoms with Gasteiger partial charge >= 0.3 is 0 Å². The Morgan fingerprint density at radius 1 is 1.40 bits per heavy atom. The molecule has 1 aliphatic carbocycles. The molecule has 1 aromatic rings. The van der Waals surface area contributed by atoms with E-state index in [1.807, 2.05) is 0 Å². The van der Waals surface area contributed by atoms with Crippen LogP contribution in [0.15, 0.2) is 18.2 Å². The summed E-state index contributed by atoms with van der Waals surface area (Å²) in [5, 5.41) is 10.8. The molecule has 7 heteroatoms. The van der Waals surface area contributed by atoms with Crippen molar-refractivity contribution in [1.29, 1.82) is 0 Å². The van der Waals surface area contributed by atoms with E-state index in [4.69, 9.17) is 23.2 Å². The average molecular weight is 315 g/mol. The summed E-state index contributed by atoms with van der Waals surface area (Å²) >= 11 is 12.0. The van der Waals surface area contributed by atoms with Gasteiger partial charge in [-0.1, -0.05) is 0 Å². The zero-order valence-corrected chi connectivity index (χ0v) is 12.0. The van der Waals surface area contributed by atoms with Gasteiger partial charge in [0.2, 0.25) is 5.91 Å². The van der Waals surface area contributed by atoms with E-state index in [9.17, 15) is 14.9 Å². The number of rotatable bonds is 3. The van der Waals surface area contributed by atoms with E-state index in [0.29, 0.717) is 25.8 Å². The van der Waals surface area contributed by atoms with E-state index in [-0.39, 0.29) is 17.5 Å². The minimum atomic E-state index is -0.737. The van der Waals surface area contributed by atoms with Crippen molar-refractivity contribution in [2.24, 2.45) is 5.92 Å². The van der Waals surface area contributed by atoms with Gasteiger partial charge in [0.1, 0.15) is 4.33 Å². The number of fused-ring (bicyclic) bond motifs is 1. The van der Waals surface area contributed by atoms with Crippen LogP contribution in [0.1, 0.15) is 18.4 Å². The van der Waals surface area contributed by atoms with Gasteiger partial charge in [-0.05, 0) is 24.5 Å². The van der Waals surface area contributed by atoms with Crippen molar-refractivity contribution in [2.75, 3.05) is 11.4 Å². The molecule has 0 bridgehead atoms. The number of nitro benzene ring substituents is 1. The van der Waals surface area contributed by atoms with Gasteiger partial charge in [-0.25, -0.2) is 0 Å². The Labute approximate surface area is 125 Å². The highest BCUT2D eigenvalue weighted by Gasteiger charge is 2.52. The summed E-state index contributed by atoms with van der Waals surface area (Å²) in [4.78, 5) is 24.1. The Hall–Kier alpha value is -1.33. The molecule has 20 heavy (non-hydrogen) atoms. The number of amides is 1. The third-order valence-corrected chi connectivity index (χ3v) is 4.76. The van der Waals surface area contributed by atoms with Gasteiger partial charge < -0.3 is 4.90 Å². The molecule has 106 valence electrons. The first-order chi connectivity index (χ1) is 9.38. The molecule has 0 saturated heterocycles. The highest BCUT2D eigenvalue weighted by atomic mass is 35.5. The lowest BCUT2D eigenvalue weighted by Crippen LogP contribution is -2.37. The Balaban J connectivity index is 1.89. The predicted octanol–water partition coefficient (Wildman–Crippen LogP) is 3.07. The molecule has 2 aliphatic rings. The SMILES string of the molecule is O=C1CCc2cc([N+](=O)[O-])ccc2N1C[C@@H]1CC1(Cl)Cl. The first kappa shape index (κ1) is 13.6. The number of halogens is 2. The van der Waals surface area contributed by atoms with Gasteiger partial charge in [0, 0.05) is 36.7 Å². The van der Waals surface area contributed by atoms with Crippen LogP contribution in [-0.4, -0.2) is 21.7 Å². The molecule has 0 unspecified atom stereocenters. The molecule has 1 aliphatic heterocycles. The normalized spacial score (nSPS) is 23.4. The molecule has 0 spiro atoms. The van der Waals surface area contributed by atoms with Crippen LogP contribution in [0.25, 0.3) is 0 Å². The van der Waals surface area contributed by atoms with Crippen LogP contribution in [0.2, 0.25) is 0 Å². The van der Waals surface area contributed by atoms with E-state index >= 15 is 0 Å². The van der Waals surface area contributed by atoms with Gasteiger partial charge in [-0.15, -0.1) is 23.2 Å². The third-order valence-electron chi connectivity index (χ3n) is 3.83. The standard InChI is InChI=1S/C13H12Cl2N2O3/c14-13(15)6-9(13)7-16-11-3-2-10(17(19)20)5-8(11)1-4-12(16)18/h2-3,5,9H,1,4,6-7H2/t9-/m0/s1. The van der Waals surface area contributed by atoms with Crippen molar-refractivity contribution in [3.63, 3.8) is 0 Å². The maximum atomic E-state index is 12.1. The Morgan fingerprint density at radius 3 is 2.70 bits per heavy atom. The number of non-ortho nitro benzene ring substituents is 1. The Morgan fingerprint density at radius 2 is 2.10 bits per heavy atom. The largest absolute Gasteiger partial charge is 0.312 e. The van der Waals surface area contributed by atoms with Crippen LogP contribution >= 0.6 is 23.2 Å². The number of aryl methyl sites for hydroxylation is 1. The van der Waals surface area contributed by atoms with E-state index < -0.39 is 9.26 Å². The zero-order valence-electron chi connectivity index (χ0n) is 10.5. The lowest BCUT2D eigenvalue weighted by molar-refractivity contribution is -0.384. The smallest absolute Gasteiger partial charge is 0.269 e. The Bertz CT molecular complexity index is 603. The molecule has 0 aromatic heterocycles. The second kappa shape index (κ2) is 4.60. The van der Waals surface area contributed by atoms with Crippen LogP contribution < -0.4 is 4.90 Å². The molecule has 5 nitrogen and oxygen atoms in total. The van der Waals surface area contributed by atoms with Crippen LogP contribution in [0.5, 0.6) is 0 Å². The van der Waals surface area contributed by atoms with Crippen molar-refractivity contribution in [2.45, 2.75) is 23.6 Å². The van der Waals surface area contributed by atoms with Crippen molar-refractivity contribution in [1.82, 2.24) is 0 Å². The number of nitro groups is 1. The number of carbonyl (C=O) groups excluding carboxylic acids is 1. The monoisotopic (exact) mass is 314 g/mol. The van der Waals surface area contributed by atoms with Crippen molar-refractivity contribution >= 4 is 40.5 Å². The fourth-order valence-corrected chi connectivity index (χ4v) is 3.06. The topological polar surface area (TPSA) is 63.4 Å². The third kappa shape index (κ3) is 2.36. The van der Waals surface area contributed by atoms with E-state index in [2.05, 4.69) is 0 Å². The van der Waals surface area contributed by atoms with Crippen LogP contribution in [0.3, 0.4) is 0 Å². The second-order valence-corrected chi connectivity index (χ2v) is 6.78. The Kier molecular flexibility index (Phi) is 3.14. The summed E-state index contributed by atoms with van der Waals surface area (Å²) in [6.45, 7) is 0.469. The number of benzene rings is 1. The molecule has 0 radical (unpaired) electrons. The molecule has 1 saturated carbocycles. The molecule has 0 N–H and O–H groups in total. The minimum absolute atomic E-state index is 0.0161. The summed E-state index contributed by atoms with van der Waals surface area (Å²) in [7, 11) is 0. The number of hydrogen-bond acceptors (Lipinski definition) is 3. The van der Waals surface area contributed by atoms with Gasteiger partial charge in [0.15, 0.2) is 0 Å². The lowest BCUT2D eigenvalue weighted by Gasteiger charge is -2.29. The quantitative estimate of drug-likeness (QED) is 0.489. The van der Waals surface area contributed by atoms with Crippen molar-refractivity contribution in [3.05, 3.63) is 33.9 Å². The second-order valence-electron chi connectivity index (χ2n) is 5.24. The number of alkyl halides is 2. The highest BCUT2D eigenvalue weighted by Crippen LogP contribution is 2.54. The van der Waals surface area contributed by atoms with Crippen LogP contribution in [0.4, 0.5) is 11.4 Å². The van der Waals surface area contributed by atoms with E-state index in [0.717, 1.165) is 11.3 Å². The number of nitrogens with zero attached hydrogens (tertiary/aromatic N) is 2. The molecule has 1 heterocycles. The maximum absolute atomic E-state index is 12.1. The number of anilines is 1. The summed E-state index contributed by atoms with van der Waals surface area (Å²) < 4.78 is -0.737. The molecule has 3 rings (SSSR count). The molecular formula is C13H12Cl2N2O3. The van der Waals surface area contributed by atoms with Gasteiger partial charge in [0.05, 0.1) is 4.92 Å². The van der Waals surface area contributed by atoms with Crippen LogP contribution in [-0.2, 0) is 11.2 Å². The number of carbonyl (C=O) groups is 1. The van der Waals surface area contributed by atoms with Gasteiger partial charge in [-0.3, -0.25) is 14.9 Å². The minimum Gasteiger partial charge on any atom is -0.312 e. The van der Waals surface area contributed by atoms with Gasteiger partial charge in [-0.2, -0.15) is 0 Å². The average Bonchev–Trinajstić information content (AvgIpc) is 2.99. The first-order valence-corrected chi connectivity index (χ1v) is 7.09. The summed E-state index contributed by atoms with van der Waals surface area (Å²) in [6, 6.07) is 4.60. The first-order valence-electron chi connectivity index (χ1n) is 6.34. The van der Waals surface area contributed by atoms with Crippen molar-refractivity contribution < 1.29 is 9.72 Å². The number of hydrogen-bond donors (Lipinski definition) is 0. The lowest BCUT2D eigenvalue weighted by atomic mass is 10.00. The summed E-state index contributed by atoms with van der Waals surface area (Å²) in [5.41, 5.74) is 1.62. The molecule has 1 aromatic carbocycles. The summed E-state index contributed by atoms with van der Waals surface area (Å²) in [5.74, 6) is 0.0818. The molecule has 1 fully saturated rings. The van der Waals surface area contributed by atoms with Crippen molar-refractivity contribution in [3.8, 4) is 0 Å². The molecular weight excluding hydrogens is 303 g/mol. The van der Waals surface area contributed by atoms with E-state index in [1.165, 1.54) is 12.1 Å². The maximum Gasteiger partial charge on any atom is 0.269 e.